The van der Waals surface area contributed by atoms with E-state index in [0.717, 1.165) is 23.2 Å². The Morgan fingerprint density at radius 1 is 1.10 bits per heavy atom. The molecule has 2 aromatic heterocycles. The number of fused-ring (bicyclic) bond motifs is 3. The Balaban J connectivity index is 1.38. The summed E-state index contributed by atoms with van der Waals surface area (Å²) in [6.07, 6.45) is 2.61. The molecule has 7 rings (SSSR count). The quantitative estimate of drug-likeness (QED) is 0.367. The summed E-state index contributed by atoms with van der Waals surface area (Å²) in [5.41, 5.74) is 3.80. The van der Waals surface area contributed by atoms with Gasteiger partial charge in [0.15, 0.2) is 11.4 Å². The second-order valence-corrected chi connectivity index (χ2v) is 10.6. The van der Waals surface area contributed by atoms with E-state index < -0.39 is 11.5 Å². The number of anilines is 3. The molecular weight excluding hydrogens is 518 g/mol. The van der Waals surface area contributed by atoms with Gasteiger partial charge in [0.2, 0.25) is 0 Å². The average Bonchev–Trinajstić information content (AvgIpc) is 2.97. The standard InChI is InChI=1S/C31H27N7O3/c1-18-11-25(19(2)34-27-6-4-3-5-24(27)31(40)41)28-35-29(26(14-33)30(39)37(28)15-18)38-22-12-23(38)17-36(16-22)21-9-7-20(13-32)8-10-21/h3-11,15,19,22-23,34H,12,16-17H2,1-2H3,(H,40,41). The first kappa shape index (κ1) is 25.9. The Kier molecular flexibility index (Phi) is 6.32. The van der Waals surface area contributed by atoms with E-state index in [0.29, 0.717) is 35.8 Å². The van der Waals surface area contributed by atoms with Crippen LogP contribution in [0.2, 0.25) is 0 Å². The van der Waals surface area contributed by atoms with Crippen LogP contribution in [0.15, 0.2) is 65.6 Å². The molecule has 41 heavy (non-hydrogen) atoms. The van der Waals surface area contributed by atoms with Gasteiger partial charge in [0, 0.05) is 36.2 Å². The lowest BCUT2D eigenvalue weighted by Crippen LogP contribution is -2.69. The molecule has 3 saturated heterocycles. The van der Waals surface area contributed by atoms with Gasteiger partial charge in [-0.05, 0) is 68.3 Å². The van der Waals surface area contributed by atoms with Crippen LogP contribution < -0.4 is 20.7 Å². The maximum atomic E-state index is 13.7. The molecule has 4 aromatic rings. The fourth-order valence-electron chi connectivity index (χ4n) is 6.02. The number of rotatable bonds is 6. The van der Waals surface area contributed by atoms with Crippen molar-refractivity contribution in [2.45, 2.75) is 38.4 Å². The Bertz CT molecular complexity index is 1820. The smallest absolute Gasteiger partial charge is 0.337 e. The molecule has 0 radical (unpaired) electrons. The molecule has 3 fully saturated rings. The van der Waals surface area contributed by atoms with Gasteiger partial charge in [0.05, 0.1) is 35.3 Å². The van der Waals surface area contributed by atoms with Crippen molar-refractivity contribution >= 4 is 28.8 Å². The minimum absolute atomic E-state index is 0.0115. The molecule has 3 unspecified atom stereocenters. The summed E-state index contributed by atoms with van der Waals surface area (Å²) in [7, 11) is 0. The van der Waals surface area contributed by atoms with Crippen molar-refractivity contribution in [3.8, 4) is 12.1 Å². The molecule has 10 nitrogen and oxygen atoms in total. The molecule has 2 bridgehead atoms. The van der Waals surface area contributed by atoms with Gasteiger partial charge in [-0.2, -0.15) is 10.5 Å². The number of hydrogen-bond donors (Lipinski definition) is 2. The van der Waals surface area contributed by atoms with E-state index >= 15 is 0 Å². The molecule has 0 aliphatic carbocycles. The minimum Gasteiger partial charge on any atom is -0.478 e. The van der Waals surface area contributed by atoms with Crippen LogP contribution in [-0.2, 0) is 0 Å². The summed E-state index contributed by atoms with van der Waals surface area (Å²) in [5.74, 6) is -0.648. The van der Waals surface area contributed by atoms with Crippen LogP contribution in [-0.4, -0.2) is 45.6 Å². The maximum Gasteiger partial charge on any atom is 0.337 e. The Hall–Kier alpha value is -5.35. The van der Waals surface area contributed by atoms with Gasteiger partial charge in [-0.1, -0.05) is 12.1 Å². The molecule has 204 valence electrons. The molecule has 5 heterocycles. The number of nitrogens with one attached hydrogen (secondary N) is 1. The number of para-hydroxylation sites is 1. The SMILES string of the molecule is Cc1cc(C(C)Nc2ccccc2C(=O)O)c2nc(N3C4CC3CN(c3ccc(C#N)cc3)C4)c(C#N)c(=O)n2c1. The van der Waals surface area contributed by atoms with Gasteiger partial charge in [-0.25, -0.2) is 9.78 Å². The fraction of sp³-hybridized carbons (Fsp3) is 0.258. The van der Waals surface area contributed by atoms with E-state index in [1.807, 2.05) is 32.0 Å². The van der Waals surface area contributed by atoms with E-state index in [4.69, 9.17) is 10.2 Å². The van der Waals surface area contributed by atoms with Crippen molar-refractivity contribution in [3.63, 3.8) is 0 Å². The highest BCUT2D eigenvalue weighted by atomic mass is 16.4. The molecular formula is C31H27N7O3. The summed E-state index contributed by atoms with van der Waals surface area (Å²) in [4.78, 5) is 34.7. The van der Waals surface area contributed by atoms with Gasteiger partial charge in [0.25, 0.3) is 5.56 Å². The van der Waals surface area contributed by atoms with Crippen LogP contribution in [0, 0.1) is 29.6 Å². The Morgan fingerprint density at radius 2 is 1.80 bits per heavy atom. The van der Waals surface area contributed by atoms with Crippen LogP contribution in [0.3, 0.4) is 0 Å². The molecule has 0 saturated carbocycles. The normalized spacial score (nSPS) is 18.2. The summed E-state index contributed by atoms with van der Waals surface area (Å²) in [5, 5.41) is 32.1. The molecule has 3 atom stereocenters. The second-order valence-electron chi connectivity index (χ2n) is 10.6. The molecule has 2 N–H and O–H groups in total. The first-order chi connectivity index (χ1) is 19.8. The van der Waals surface area contributed by atoms with Crippen molar-refractivity contribution in [3.05, 3.63) is 99.0 Å². The first-order valence-electron chi connectivity index (χ1n) is 13.4. The number of carboxylic acids is 1. The van der Waals surface area contributed by atoms with E-state index in [2.05, 4.69) is 27.3 Å². The number of carbonyl (C=O) groups is 1. The van der Waals surface area contributed by atoms with Crippen molar-refractivity contribution in [2.75, 3.05) is 28.2 Å². The van der Waals surface area contributed by atoms with Gasteiger partial charge < -0.3 is 20.2 Å². The van der Waals surface area contributed by atoms with E-state index in [1.54, 1.807) is 36.5 Å². The first-order valence-corrected chi connectivity index (χ1v) is 13.4. The molecule has 0 spiro atoms. The maximum absolute atomic E-state index is 13.7. The third-order valence-electron chi connectivity index (χ3n) is 7.98. The molecule has 0 amide bonds. The molecule has 10 heteroatoms. The monoisotopic (exact) mass is 545 g/mol. The van der Waals surface area contributed by atoms with Crippen molar-refractivity contribution in [1.29, 1.82) is 10.5 Å². The van der Waals surface area contributed by atoms with Crippen molar-refractivity contribution in [1.82, 2.24) is 9.38 Å². The van der Waals surface area contributed by atoms with Gasteiger partial charge in [-0.15, -0.1) is 0 Å². The number of benzene rings is 2. The number of piperidine rings is 1. The van der Waals surface area contributed by atoms with Gasteiger partial charge in [0.1, 0.15) is 11.7 Å². The van der Waals surface area contributed by atoms with Crippen LogP contribution in [0.25, 0.3) is 5.65 Å². The lowest BCUT2D eigenvalue weighted by Gasteiger charge is -2.57. The highest BCUT2D eigenvalue weighted by molar-refractivity contribution is 5.94. The second kappa shape index (κ2) is 10.00. The Morgan fingerprint density at radius 3 is 2.46 bits per heavy atom. The number of carboxylic acid groups (broad SMARTS) is 1. The number of aromatic nitrogens is 2. The number of hydrogen-bond acceptors (Lipinski definition) is 8. The predicted molar refractivity (Wildman–Crippen MR) is 154 cm³/mol. The largest absolute Gasteiger partial charge is 0.478 e. The zero-order valence-corrected chi connectivity index (χ0v) is 22.6. The van der Waals surface area contributed by atoms with Crippen molar-refractivity contribution < 1.29 is 9.90 Å². The Labute approximate surface area is 236 Å². The van der Waals surface area contributed by atoms with Crippen LogP contribution in [0.1, 0.15) is 52.0 Å². The zero-order valence-electron chi connectivity index (χ0n) is 22.6. The number of pyridine rings is 1. The molecule has 3 aliphatic rings. The summed E-state index contributed by atoms with van der Waals surface area (Å²) in [6, 6.07) is 20.1. The number of aromatic carboxylic acids is 1. The minimum atomic E-state index is -1.04. The van der Waals surface area contributed by atoms with Gasteiger partial charge >= 0.3 is 5.97 Å². The summed E-state index contributed by atoms with van der Waals surface area (Å²) < 4.78 is 1.42. The molecule has 3 aliphatic heterocycles. The van der Waals surface area contributed by atoms with E-state index in [-0.39, 0.29) is 29.3 Å². The highest BCUT2D eigenvalue weighted by Gasteiger charge is 2.46. The van der Waals surface area contributed by atoms with Crippen molar-refractivity contribution in [2.24, 2.45) is 0 Å². The number of nitrogens with zero attached hydrogens (tertiary/aromatic N) is 6. The lowest BCUT2D eigenvalue weighted by atomic mass is 9.86. The third-order valence-corrected chi connectivity index (χ3v) is 7.98. The summed E-state index contributed by atoms with van der Waals surface area (Å²) >= 11 is 0. The van der Waals surface area contributed by atoms with E-state index in [1.165, 1.54) is 10.5 Å². The fourth-order valence-corrected chi connectivity index (χ4v) is 6.02. The van der Waals surface area contributed by atoms with Gasteiger partial charge in [-0.3, -0.25) is 9.20 Å². The number of aryl methyl sites for hydroxylation is 1. The third kappa shape index (κ3) is 4.40. The van der Waals surface area contributed by atoms with Crippen LogP contribution in [0.4, 0.5) is 17.2 Å². The predicted octanol–water partition coefficient (Wildman–Crippen LogP) is 4.09. The van der Waals surface area contributed by atoms with E-state index in [9.17, 15) is 20.0 Å². The lowest BCUT2D eigenvalue weighted by molar-refractivity contribution is 0.0698. The van der Waals surface area contributed by atoms with Crippen LogP contribution >= 0.6 is 0 Å². The van der Waals surface area contributed by atoms with Crippen LogP contribution in [0.5, 0.6) is 0 Å². The highest BCUT2D eigenvalue weighted by Crippen LogP contribution is 2.39. The molecule has 2 aromatic carbocycles. The average molecular weight is 546 g/mol. The zero-order chi connectivity index (χ0) is 28.8. The number of nitriles is 2. The number of piperazine rings is 1. The summed E-state index contributed by atoms with van der Waals surface area (Å²) in [6.45, 7) is 5.17. The topological polar surface area (TPSA) is 138 Å².